The van der Waals surface area contributed by atoms with Crippen molar-refractivity contribution in [1.82, 2.24) is 10.3 Å². The van der Waals surface area contributed by atoms with Crippen LogP contribution in [0, 0.1) is 0 Å². The van der Waals surface area contributed by atoms with Gasteiger partial charge in [0.15, 0.2) is 0 Å². The van der Waals surface area contributed by atoms with Crippen LogP contribution in [-0.4, -0.2) is 24.7 Å². The molecule has 1 aromatic heterocycles. The maximum Gasteiger partial charge on any atom is 0.0981 e. The Morgan fingerprint density at radius 3 is 2.67 bits per heavy atom. The van der Waals surface area contributed by atoms with E-state index >= 15 is 0 Å². The molecule has 18 heavy (non-hydrogen) atoms. The van der Waals surface area contributed by atoms with Gasteiger partial charge >= 0.3 is 0 Å². The molecule has 0 saturated carbocycles. The standard InChI is InChI=1S/C14H26N2OS/c1-6-7-11(10-17-5)15-8-12-9-16-13(18-12)14(2,3)4/h9,11,15H,6-8,10H2,1-5H3. The van der Waals surface area contributed by atoms with E-state index in [0.29, 0.717) is 6.04 Å². The van der Waals surface area contributed by atoms with Crippen molar-refractivity contribution in [3.63, 3.8) is 0 Å². The predicted molar refractivity (Wildman–Crippen MR) is 78.2 cm³/mol. The van der Waals surface area contributed by atoms with Crippen molar-refractivity contribution < 1.29 is 4.74 Å². The van der Waals surface area contributed by atoms with E-state index in [2.05, 4.69) is 38.0 Å². The normalized spacial score (nSPS) is 13.8. The average molecular weight is 270 g/mol. The topological polar surface area (TPSA) is 34.1 Å². The fraction of sp³-hybridized carbons (Fsp3) is 0.786. The molecule has 1 aromatic rings. The van der Waals surface area contributed by atoms with Gasteiger partial charge in [0.1, 0.15) is 0 Å². The van der Waals surface area contributed by atoms with Crippen LogP contribution in [0.3, 0.4) is 0 Å². The van der Waals surface area contributed by atoms with Gasteiger partial charge in [0, 0.05) is 36.2 Å². The quantitative estimate of drug-likeness (QED) is 0.825. The summed E-state index contributed by atoms with van der Waals surface area (Å²) in [6.07, 6.45) is 4.32. The first kappa shape index (κ1) is 15.6. The first-order chi connectivity index (χ1) is 8.47. The third-order valence-electron chi connectivity index (χ3n) is 2.77. The van der Waals surface area contributed by atoms with E-state index in [1.54, 1.807) is 18.4 Å². The van der Waals surface area contributed by atoms with Crippen LogP contribution in [0.4, 0.5) is 0 Å². The highest BCUT2D eigenvalue weighted by atomic mass is 32.1. The lowest BCUT2D eigenvalue weighted by Gasteiger charge is -2.16. The summed E-state index contributed by atoms with van der Waals surface area (Å²) in [5.41, 5.74) is 0.151. The van der Waals surface area contributed by atoms with Crippen LogP contribution in [0.5, 0.6) is 0 Å². The molecule has 0 aliphatic heterocycles. The Kier molecular flexibility index (Phi) is 6.26. The molecule has 1 heterocycles. The second kappa shape index (κ2) is 7.22. The van der Waals surface area contributed by atoms with Crippen LogP contribution in [0.2, 0.25) is 0 Å². The Bertz CT molecular complexity index is 338. The molecule has 0 amide bonds. The molecule has 1 rings (SSSR count). The predicted octanol–water partition coefficient (Wildman–Crippen LogP) is 3.35. The van der Waals surface area contributed by atoms with E-state index in [0.717, 1.165) is 19.6 Å². The Hall–Kier alpha value is -0.450. The van der Waals surface area contributed by atoms with Crippen molar-refractivity contribution in [2.45, 2.75) is 58.5 Å². The monoisotopic (exact) mass is 270 g/mol. The van der Waals surface area contributed by atoms with Gasteiger partial charge in [0.25, 0.3) is 0 Å². The Labute approximate surface area is 115 Å². The highest BCUT2D eigenvalue weighted by Gasteiger charge is 2.18. The molecule has 0 saturated heterocycles. The van der Waals surface area contributed by atoms with Crippen LogP contribution in [0.25, 0.3) is 0 Å². The van der Waals surface area contributed by atoms with Crippen molar-refractivity contribution >= 4 is 11.3 Å². The number of methoxy groups -OCH3 is 1. The lowest BCUT2D eigenvalue weighted by Crippen LogP contribution is -2.32. The molecule has 0 spiro atoms. The second-order valence-electron chi connectivity index (χ2n) is 5.70. The van der Waals surface area contributed by atoms with E-state index in [-0.39, 0.29) is 5.41 Å². The van der Waals surface area contributed by atoms with Crippen LogP contribution < -0.4 is 5.32 Å². The average Bonchev–Trinajstić information content (AvgIpc) is 2.75. The first-order valence-electron chi connectivity index (χ1n) is 6.65. The van der Waals surface area contributed by atoms with Crippen LogP contribution in [-0.2, 0) is 16.7 Å². The highest BCUT2D eigenvalue weighted by Crippen LogP contribution is 2.26. The number of rotatable bonds is 7. The van der Waals surface area contributed by atoms with Gasteiger partial charge in [-0.3, -0.25) is 0 Å². The zero-order valence-corrected chi connectivity index (χ0v) is 13.1. The Morgan fingerprint density at radius 2 is 2.17 bits per heavy atom. The fourth-order valence-corrected chi connectivity index (χ4v) is 2.70. The number of nitrogens with one attached hydrogen (secondary N) is 1. The number of nitrogens with zero attached hydrogens (tertiary/aromatic N) is 1. The van der Waals surface area contributed by atoms with E-state index in [9.17, 15) is 0 Å². The van der Waals surface area contributed by atoms with Gasteiger partial charge < -0.3 is 10.1 Å². The molecule has 0 aromatic carbocycles. The lowest BCUT2D eigenvalue weighted by molar-refractivity contribution is 0.161. The minimum atomic E-state index is 0.151. The first-order valence-corrected chi connectivity index (χ1v) is 7.46. The van der Waals surface area contributed by atoms with Crippen molar-refractivity contribution in [3.8, 4) is 0 Å². The molecule has 104 valence electrons. The van der Waals surface area contributed by atoms with Crippen LogP contribution in [0.15, 0.2) is 6.20 Å². The lowest BCUT2D eigenvalue weighted by atomic mass is 9.98. The van der Waals surface area contributed by atoms with Crippen molar-refractivity contribution in [3.05, 3.63) is 16.1 Å². The molecule has 1 atom stereocenters. The summed E-state index contributed by atoms with van der Waals surface area (Å²) >= 11 is 1.80. The largest absolute Gasteiger partial charge is 0.383 e. The summed E-state index contributed by atoms with van der Waals surface area (Å²) in [6.45, 7) is 10.5. The Balaban J connectivity index is 2.49. The molecular weight excluding hydrogens is 244 g/mol. The molecule has 0 aliphatic carbocycles. The van der Waals surface area contributed by atoms with E-state index in [1.807, 2.05) is 6.20 Å². The van der Waals surface area contributed by atoms with Gasteiger partial charge in [-0.25, -0.2) is 4.98 Å². The minimum absolute atomic E-state index is 0.151. The zero-order chi connectivity index (χ0) is 13.6. The highest BCUT2D eigenvalue weighted by molar-refractivity contribution is 7.11. The van der Waals surface area contributed by atoms with Crippen molar-refractivity contribution in [2.24, 2.45) is 0 Å². The van der Waals surface area contributed by atoms with Crippen molar-refractivity contribution in [1.29, 1.82) is 0 Å². The van der Waals surface area contributed by atoms with Crippen LogP contribution in [0.1, 0.15) is 50.4 Å². The maximum absolute atomic E-state index is 5.23. The van der Waals surface area contributed by atoms with E-state index in [1.165, 1.54) is 16.3 Å². The number of hydrogen-bond acceptors (Lipinski definition) is 4. The summed E-state index contributed by atoms with van der Waals surface area (Å²) in [7, 11) is 1.76. The number of thiazole rings is 1. The number of ether oxygens (including phenoxy) is 1. The summed E-state index contributed by atoms with van der Waals surface area (Å²) in [5.74, 6) is 0. The maximum atomic E-state index is 5.23. The molecule has 0 aliphatic rings. The molecule has 0 fully saturated rings. The summed E-state index contributed by atoms with van der Waals surface area (Å²) < 4.78 is 5.23. The third-order valence-corrected chi connectivity index (χ3v) is 4.19. The molecular formula is C14H26N2OS. The van der Waals surface area contributed by atoms with Gasteiger partial charge in [-0.2, -0.15) is 0 Å². The van der Waals surface area contributed by atoms with Gasteiger partial charge in [0.2, 0.25) is 0 Å². The number of hydrogen-bond donors (Lipinski definition) is 1. The Morgan fingerprint density at radius 1 is 1.44 bits per heavy atom. The fourth-order valence-electron chi connectivity index (χ4n) is 1.77. The molecule has 1 N–H and O–H groups in total. The number of aromatic nitrogens is 1. The van der Waals surface area contributed by atoms with E-state index < -0.39 is 0 Å². The van der Waals surface area contributed by atoms with Gasteiger partial charge in [-0.15, -0.1) is 11.3 Å². The van der Waals surface area contributed by atoms with Gasteiger partial charge in [-0.1, -0.05) is 34.1 Å². The molecule has 4 heteroatoms. The molecule has 0 bridgehead atoms. The SMILES string of the molecule is CCCC(COC)NCc1cnc(C(C)(C)C)s1. The summed E-state index contributed by atoms with van der Waals surface area (Å²) in [4.78, 5) is 5.81. The van der Waals surface area contributed by atoms with Gasteiger partial charge in [-0.05, 0) is 6.42 Å². The molecule has 3 nitrogen and oxygen atoms in total. The smallest absolute Gasteiger partial charge is 0.0981 e. The molecule has 1 unspecified atom stereocenters. The van der Waals surface area contributed by atoms with Crippen LogP contribution >= 0.6 is 11.3 Å². The second-order valence-corrected chi connectivity index (χ2v) is 6.82. The van der Waals surface area contributed by atoms with E-state index in [4.69, 9.17) is 4.74 Å². The minimum Gasteiger partial charge on any atom is -0.383 e. The summed E-state index contributed by atoms with van der Waals surface area (Å²) in [6, 6.07) is 0.445. The zero-order valence-electron chi connectivity index (χ0n) is 12.2. The van der Waals surface area contributed by atoms with Gasteiger partial charge in [0.05, 0.1) is 11.6 Å². The summed E-state index contributed by atoms with van der Waals surface area (Å²) in [5, 5.41) is 4.75. The molecule has 0 radical (unpaired) electrons. The van der Waals surface area contributed by atoms with Crippen molar-refractivity contribution in [2.75, 3.05) is 13.7 Å². The third kappa shape index (κ3) is 5.04.